The summed E-state index contributed by atoms with van der Waals surface area (Å²) in [4.78, 5) is 0.0576. The molecule has 0 saturated heterocycles. The molecule has 0 heterocycles. The van der Waals surface area contributed by atoms with Gasteiger partial charge in [-0.1, -0.05) is 0 Å². The van der Waals surface area contributed by atoms with E-state index in [0.717, 1.165) is 6.26 Å². The Morgan fingerprint density at radius 2 is 1.18 bits per heavy atom. The molecule has 0 aromatic heterocycles. The Morgan fingerprint density at radius 1 is 0.727 bits per heavy atom. The first-order valence-corrected chi connectivity index (χ1v) is 9.41. The molecule has 0 unspecified atom stereocenters. The number of hydrogen-bond acceptors (Lipinski definition) is 6. The summed E-state index contributed by atoms with van der Waals surface area (Å²) in [5, 5.41) is 0. The van der Waals surface area contributed by atoms with Gasteiger partial charge < -0.3 is 8.92 Å². The minimum absolute atomic E-state index is 0.0273. The standard InChI is InChI=1S/C14H14O6S2/c1-19-11-3-9-14(10-4-11)22(17,18)20-12-5-7-13(8-6-12)21(2,15)16/h3-10H,1-2H3. The average Bonchev–Trinajstić information content (AvgIpc) is 2.46. The van der Waals surface area contributed by atoms with Gasteiger partial charge in [0.1, 0.15) is 16.4 Å². The molecule has 118 valence electrons. The third-order valence-corrected chi connectivity index (χ3v) is 5.20. The fourth-order valence-corrected chi connectivity index (χ4v) is 3.22. The lowest BCUT2D eigenvalue weighted by molar-refractivity contribution is 0.414. The van der Waals surface area contributed by atoms with E-state index in [-0.39, 0.29) is 15.5 Å². The smallest absolute Gasteiger partial charge is 0.339 e. The first-order valence-electron chi connectivity index (χ1n) is 6.11. The van der Waals surface area contributed by atoms with E-state index in [9.17, 15) is 16.8 Å². The van der Waals surface area contributed by atoms with Crippen LogP contribution in [-0.4, -0.2) is 30.2 Å². The predicted octanol–water partition coefficient (Wildman–Crippen LogP) is 1.87. The molecule has 6 nitrogen and oxygen atoms in total. The van der Waals surface area contributed by atoms with Crippen LogP contribution in [0.15, 0.2) is 58.3 Å². The van der Waals surface area contributed by atoms with Gasteiger partial charge in [-0.15, -0.1) is 0 Å². The molecule has 0 spiro atoms. The second-order valence-electron chi connectivity index (χ2n) is 4.46. The van der Waals surface area contributed by atoms with E-state index in [0.29, 0.717) is 5.75 Å². The average molecular weight is 342 g/mol. The molecular formula is C14H14O6S2. The minimum atomic E-state index is -3.99. The highest BCUT2D eigenvalue weighted by Gasteiger charge is 2.17. The molecule has 0 fully saturated rings. The van der Waals surface area contributed by atoms with Crippen LogP contribution in [0, 0.1) is 0 Å². The van der Waals surface area contributed by atoms with Crippen LogP contribution < -0.4 is 8.92 Å². The molecule has 0 aliphatic carbocycles. The van der Waals surface area contributed by atoms with Crippen LogP contribution >= 0.6 is 0 Å². The molecule has 0 bridgehead atoms. The van der Waals surface area contributed by atoms with E-state index in [1.807, 2.05) is 0 Å². The lowest BCUT2D eigenvalue weighted by Gasteiger charge is -2.08. The Morgan fingerprint density at radius 3 is 1.64 bits per heavy atom. The summed E-state index contributed by atoms with van der Waals surface area (Å²) < 4.78 is 56.8. The SMILES string of the molecule is COc1ccc(S(=O)(=O)Oc2ccc(S(C)(=O)=O)cc2)cc1. The molecule has 0 amide bonds. The Labute approximate surface area is 129 Å². The molecule has 0 saturated carbocycles. The molecule has 2 rings (SSSR count). The second kappa shape index (κ2) is 5.98. The lowest BCUT2D eigenvalue weighted by Crippen LogP contribution is -2.09. The highest BCUT2D eigenvalue weighted by Crippen LogP contribution is 2.22. The van der Waals surface area contributed by atoms with Gasteiger partial charge in [0.2, 0.25) is 0 Å². The van der Waals surface area contributed by atoms with Gasteiger partial charge in [-0.2, -0.15) is 8.42 Å². The van der Waals surface area contributed by atoms with Crippen molar-refractivity contribution in [2.45, 2.75) is 9.79 Å². The summed E-state index contributed by atoms with van der Waals surface area (Å²) in [6.07, 6.45) is 1.07. The topological polar surface area (TPSA) is 86.7 Å². The summed E-state index contributed by atoms with van der Waals surface area (Å²) in [5.41, 5.74) is 0. The summed E-state index contributed by atoms with van der Waals surface area (Å²) >= 11 is 0. The zero-order valence-corrected chi connectivity index (χ0v) is 13.5. The quantitative estimate of drug-likeness (QED) is 0.771. The molecule has 0 radical (unpaired) electrons. The lowest BCUT2D eigenvalue weighted by atomic mass is 10.3. The maximum atomic E-state index is 12.1. The van der Waals surface area contributed by atoms with Crippen molar-refractivity contribution in [2.24, 2.45) is 0 Å². The maximum Gasteiger partial charge on any atom is 0.339 e. The van der Waals surface area contributed by atoms with Crippen molar-refractivity contribution in [2.75, 3.05) is 13.4 Å². The van der Waals surface area contributed by atoms with Crippen molar-refractivity contribution in [3.8, 4) is 11.5 Å². The van der Waals surface area contributed by atoms with E-state index in [4.69, 9.17) is 8.92 Å². The van der Waals surface area contributed by atoms with Gasteiger partial charge in [0.05, 0.1) is 12.0 Å². The number of hydrogen-bond donors (Lipinski definition) is 0. The molecule has 0 N–H and O–H groups in total. The van der Waals surface area contributed by atoms with Crippen molar-refractivity contribution in [3.63, 3.8) is 0 Å². The van der Waals surface area contributed by atoms with E-state index < -0.39 is 20.0 Å². The molecule has 2 aromatic rings. The normalized spacial score (nSPS) is 11.9. The summed E-state index contributed by atoms with van der Waals surface area (Å²) in [7, 11) is -5.86. The first kappa shape index (κ1) is 16.3. The molecule has 0 aliphatic heterocycles. The van der Waals surface area contributed by atoms with Crippen molar-refractivity contribution >= 4 is 20.0 Å². The number of rotatable bonds is 5. The highest BCUT2D eigenvalue weighted by molar-refractivity contribution is 7.90. The van der Waals surface area contributed by atoms with E-state index in [1.165, 1.54) is 55.6 Å². The maximum absolute atomic E-state index is 12.1. The van der Waals surface area contributed by atoms with Crippen LogP contribution in [0.5, 0.6) is 11.5 Å². The van der Waals surface area contributed by atoms with Crippen LogP contribution in [0.1, 0.15) is 0 Å². The van der Waals surface area contributed by atoms with Crippen LogP contribution in [0.3, 0.4) is 0 Å². The van der Waals surface area contributed by atoms with Crippen molar-refractivity contribution in [3.05, 3.63) is 48.5 Å². The van der Waals surface area contributed by atoms with Gasteiger partial charge in [-0.25, -0.2) is 8.42 Å². The van der Waals surface area contributed by atoms with E-state index >= 15 is 0 Å². The number of ether oxygens (including phenoxy) is 1. The molecule has 0 atom stereocenters. The van der Waals surface area contributed by atoms with E-state index in [1.54, 1.807) is 0 Å². The molecule has 8 heteroatoms. The van der Waals surface area contributed by atoms with Gasteiger partial charge >= 0.3 is 10.1 Å². The van der Waals surface area contributed by atoms with Crippen molar-refractivity contribution < 1.29 is 25.8 Å². The minimum Gasteiger partial charge on any atom is -0.497 e. The van der Waals surface area contributed by atoms with Crippen LogP contribution in [0.25, 0.3) is 0 Å². The van der Waals surface area contributed by atoms with Gasteiger partial charge in [-0.05, 0) is 48.5 Å². The predicted molar refractivity (Wildman–Crippen MR) is 80.4 cm³/mol. The molecule has 2 aromatic carbocycles. The highest BCUT2D eigenvalue weighted by atomic mass is 32.2. The molecular weight excluding hydrogens is 328 g/mol. The number of methoxy groups -OCH3 is 1. The largest absolute Gasteiger partial charge is 0.497 e. The van der Waals surface area contributed by atoms with Gasteiger partial charge in [0, 0.05) is 6.26 Å². The van der Waals surface area contributed by atoms with Crippen LogP contribution in [0.4, 0.5) is 0 Å². The van der Waals surface area contributed by atoms with Crippen LogP contribution in [0.2, 0.25) is 0 Å². The third kappa shape index (κ3) is 3.77. The summed E-state index contributed by atoms with van der Waals surface area (Å²) in [6.45, 7) is 0. The molecule has 0 aliphatic rings. The summed E-state index contributed by atoms with van der Waals surface area (Å²) in [5.74, 6) is 0.555. The Hall–Kier alpha value is -2.06. The monoisotopic (exact) mass is 342 g/mol. The first-order chi connectivity index (χ1) is 10.2. The number of benzene rings is 2. The van der Waals surface area contributed by atoms with Crippen molar-refractivity contribution in [1.29, 1.82) is 0 Å². The zero-order valence-electron chi connectivity index (χ0n) is 11.9. The van der Waals surface area contributed by atoms with Gasteiger partial charge in [0.15, 0.2) is 9.84 Å². The zero-order chi connectivity index (χ0) is 16.4. The Bertz CT molecular complexity index is 851. The third-order valence-electron chi connectivity index (χ3n) is 2.81. The van der Waals surface area contributed by atoms with Gasteiger partial charge in [0.25, 0.3) is 0 Å². The Balaban J connectivity index is 2.24. The van der Waals surface area contributed by atoms with Crippen molar-refractivity contribution in [1.82, 2.24) is 0 Å². The van der Waals surface area contributed by atoms with Gasteiger partial charge in [-0.3, -0.25) is 0 Å². The number of sulfone groups is 1. The van der Waals surface area contributed by atoms with Crippen LogP contribution in [-0.2, 0) is 20.0 Å². The second-order valence-corrected chi connectivity index (χ2v) is 8.02. The fourth-order valence-electron chi connectivity index (χ4n) is 1.66. The van der Waals surface area contributed by atoms with E-state index in [2.05, 4.69) is 0 Å². The fraction of sp³-hybridized carbons (Fsp3) is 0.143. The summed E-state index contributed by atoms with van der Waals surface area (Å²) in [6, 6.07) is 10.9. The molecule has 22 heavy (non-hydrogen) atoms. The Kier molecular flexibility index (Phi) is 4.43.